The van der Waals surface area contributed by atoms with E-state index in [2.05, 4.69) is 6.92 Å². The molecule has 1 saturated heterocycles. The van der Waals surface area contributed by atoms with Crippen LogP contribution in [-0.4, -0.2) is 39.9 Å². The smallest absolute Gasteiger partial charge is 0.351 e. The fourth-order valence-electron chi connectivity index (χ4n) is 2.83. The van der Waals surface area contributed by atoms with Crippen molar-refractivity contribution in [1.29, 1.82) is 0 Å². The molecule has 1 rings (SSSR count). The van der Waals surface area contributed by atoms with Gasteiger partial charge in [0.1, 0.15) is 0 Å². The minimum atomic E-state index is -1.60. The number of nitrogens with zero attached hydrogens (tertiary/aromatic N) is 1. The van der Waals surface area contributed by atoms with Crippen LogP contribution in [0.5, 0.6) is 0 Å². The quantitative estimate of drug-likeness (QED) is 0.476. The van der Waals surface area contributed by atoms with E-state index in [1.807, 2.05) is 0 Å². The maximum absolute atomic E-state index is 11.1. The Morgan fingerprint density at radius 1 is 1.10 bits per heavy atom. The molecule has 1 atom stereocenters. The van der Waals surface area contributed by atoms with Gasteiger partial charge in [0, 0.05) is 36.6 Å². The third-order valence-electron chi connectivity index (χ3n) is 4.10. The standard InChI is InChI=1S/C15H29NO3.Cu/c1-2-3-4-5-6-7-8-9-12-16-13-10-11-15(16,19)14(17)18;/h19H,2-13H2,1H3,(H,17,18);. The monoisotopic (exact) mass is 334 g/mol. The number of carboxylic acids is 1. The molecule has 4 nitrogen and oxygen atoms in total. The Morgan fingerprint density at radius 3 is 2.20 bits per heavy atom. The predicted octanol–water partition coefficient (Wildman–Crippen LogP) is 2.99. The van der Waals surface area contributed by atoms with Crippen LogP contribution in [-0.2, 0) is 21.9 Å². The Labute approximate surface area is 133 Å². The van der Waals surface area contributed by atoms with Gasteiger partial charge in [0.15, 0.2) is 0 Å². The van der Waals surface area contributed by atoms with Gasteiger partial charge in [-0.2, -0.15) is 0 Å². The Balaban J connectivity index is 0.00000361. The molecule has 5 heteroatoms. The fraction of sp³-hybridized carbons (Fsp3) is 0.933. The third-order valence-corrected chi connectivity index (χ3v) is 4.10. The molecule has 1 fully saturated rings. The number of hydrogen-bond acceptors (Lipinski definition) is 3. The normalized spacial score (nSPS) is 22.7. The SMILES string of the molecule is CCCCCCCCCCN1CCCC1(O)C(=O)O.[Cu]. The van der Waals surface area contributed by atoms with Crippen molar-refractivity contribution in [3.05, 3.63) is 0 Å². The van der Waals surface area contributed by atoms with Gasteiger partial charge >= 0.3 is 5.97 Å². The van der Waals surface area contributed by atoms with Crippen LogP contribution >= 0.6 is 0 Å². The van der Waals surface area contributed by atoms with E-state index in [0.29, 0.717) is 19.5 Å². The van der Waals surface area contributed by atoms with E-state index >= 15 is 0 Å². The van der Waals surface area contributed by atoms with Gasteiger partial charge in [0.25, 0.3) is 0 Å². The zero-order valence-electron chi connectivity index (χ0n) is 12.5. The van der Waals surface area contributed by atoms with Crippen LogP contribution in [0.3, 0.4) is 0 Å². The summed E-state index contributed by atoms with van der Waals surface area (Å²) in [5, 5.41) is 19.1. The number of rotatable bonds is 10. The topological polar surface area (TPSA) is 60.8 Å². The van der Waals surface area contributed by atoms with E-state index in [4.69, 9.17) is 5.11 Å². The van der Waals surface area contributed by atoms with Gasteiger partial charge in [-0.1, -0.05) is 51.9 Å². The zero-order chi connectivity index (χ0) is 14.1. The van der Waals surface area contributed by atoms with Crippen molar-refractivity contribution in [3.63, 3.8) is 0 Å². The second kappa shape index (κ2) is 10.6. The first kappa shape index (κ1) is 19.9. The number of aliphatic carboxylic acids is 1. The van der Waals surface area contributed by atoms with Crippen molar-refractivity contribution in [3.8, 4) is 0 Å². The first-order valence-corrected chi connectivity index (χ1v) is 7.82. The zero-order valence-corrected chi connectivity index (χ0v) is 13.5. The van der Waals surface area contributed by atoms with E-state index in [-0.39, 0.29) is 17.1 Å². The van der Waals surface area contributed by atoms with E-state index < -0.39 is 11.7 Å². The number of carboxylic acid groups (broad SMARTS) is 1. The molecule has 0 bridgehead atoms. The Kier molecular flexibility index (Phi) is 10.6. The molecule has 123 valence electrons. The van der Waals surface area contributed by atoms with E-state index in [1.165, 1.54) is 38.5 Å². The third kappa shape index (κ3) is 6.13. The first-order chi connectivity index (χ1) is 9.11. The van der Waals surface area contributed by atoms with E-state index in [9.17, 15) is 9.90 Å². The van der Waals surface area contributed by atoms with Gasteiger partial charge in [-0.3, -0.25) is 4.90 Å². The number of carbonyl (C=O) groups is 1. The number of aliphatic hydroxyl groups is 1. The summed E-state index contributed by atoms with van der Waals surface area (Å²) < 4.78 is 0. The summed E-state index contributed by atoms with van der Waals surface area (Å²) in [7, 11) is 0. The Hall–Kier alpha value is -0.0905. The van der Waals surface area contributed by atoms with Crippen LogP contribution in [0.1, 0.15) is 71.1 Å². The van der Waals surface area contributed by atoms with Crippen LogP contribution < -0.4 is 0 Å². The molecule has 1 heterocycles. The Bertz CT molecular complexity index is 276. The van der Waals surface area contributed by atoms with Crippen LogP contribution in [0, 0.1) is 0 Å². The fourth-order valence-corrected chi connectivity index (χ4v) is 2.83. The molecule has 0 spiro atoms. The second-order valence-corrected chi connectivity index (χ2v) is 5.69. The molecule has 0 aliphatic carbocycles. The van der Waals surface area contributed by atoms with Gasteiger partial charge in [-0.15, -0.1) is 0 Å². The first-order valence-electron chi connectivity index (χ1n) is 7.82. The number of unbranched alkanes of at least 4 members (excludes halogenated alkanes) is 7. The summed E-state index contributed by atoms with van der Waals surface area (Å²) >= 11 is 0. The van der Waals surface area contributed by atoms with Crippen molar-refractivity contribution in [2.45, 2.75) is 76.9 Å². The molecule has 1 aliphatic heterocycles. The summed E-state index contributed by atoms with van der Waals surface area (Å²) in [5.74, 6) is -1.09. The van der Waals surface area contributed by atoms with Gasteiger partial charge in [-0.05, 0) is 12.8 Å². The number of hydrogen-bond donors (Lipinski definition) is 2. The molecule has 0 aromatic rings. The van der Waals surface area contributed by atoms with Crippen molar-refractivity contribution < 1.29 is 32.1 Å². The van der Waals surface area contributed by atoms with Gasteiger partial charge in [0.2, 0.25) is 5.72 Å². The second-order valence-electron chi connectivity index (χ2n) is 5.69. The van der Waals surface area contributed by atoms with E-state index in [1.54, 1.807) is 4.90 Å². The van der Waals surface area contributed by atoms with Crippen LogP contribution in [0.25, 0.3) is 0 Å². The summed E-state index contributed by atoms with van der Waals surface area (Å²) in [6.45, 7) is 3.64. The summed E-state index contributed by atoms with van der Waals surface area (Å²) in [4.78, 5) is 12.8. The van der Waals surface area contributed by atoms with Crippen LogP contribution in [0.15, 0.2) is 0 Å². The van der Waals surface area contributed by atoms with E-state index in [0.717, 1.165) is 19.3 Å². The average Bonchev–Trinajstić information content (AvgIpc) is 2.76. The molecule has 0 saturated carbocycles. The summed E-state index contributed by atoms with van der Waals surface area (Å²) in [5.41, 5.74) is -1.60. The van der Waals surface area contributed by atoms with Gasteiger partial charge in [-0.25, -0.2) is 4.79 Å². The molecule has 0 aromatic heterocycles. The number of likely N-dealkylation sites (tertiary alicyclic amines) is 1. The summed E-state index contributed by atoms with van der Waals surface area (Å²) in [6.07, 6.45) is 11.0. The van der Waals surface area contributed by atoms with Crippen molar-refractivity contribution in [1.82, 2.24) is 4.90 Å². The van der Waals surface area contributed by atoms with Gasteiger partial charge < -0.3 is 10.2 Å². The van der Waals surface area contributed by atoms with Crippen molar-refractivity contribution in [2.24, 2.45) is 0 Å². The van der Waals surface area contributed by atoms with Gasteiger partial charge in [0.05, 0.1) is 0 Å². The predicted molar refractivity (Wildman–Crippen MR) is 76.0 cm³/mol. The van der Waals surface area contributed by atoms with Crippen LogP contribution in [0.4, 0.5) is 0 Å². The molecular weight excluding hydrogens is 306 g/mol. The molecule has 0 amide bonds. The summed E-state index contributed by atoms with van der Waals surface area (Å²) in [6, 6.07) is 0. The van der Waals surface area contributed by atoms with Crippen molar-refractivity contribution in [2.75, 3.05) is 13.1 Å². The molecule has 1 unspecified atom stereocenters. The Morgan fingerprint density at radius 2 is 1.65 bits per heavy atom. The molecule has 20 heavy (non-hydrogen) atoms. The molecule has 0 aromatic carbocycles. The minimum absolute atomic E-state index is 0. The largest absolute Gasteiger partial charge is 0.478 e. The van der Waals surface area contributed by atoms with Crippen molar-refractivity contribution >= 4 is 5.97 Å². The maximum Gasteiger partial charge on any atom is 0.351 e. The minimum Gasteiger partial charge on any atom is -0.478 e. The maximum atomic E-state index is 11.1. The molecule has 2 N–H and O–H groups in total. The molecule has 1 aliphatic rings. The molecular formula is C15H29CuNO3. The average molecular weight is 335 g/mol. The molecule has 1 radical (unpaired) electrons. The van der Waals surface area contributed by atoms with Crippen LogP contribution in [0.2, 0.25) is 0 Å².